The molecule has 1 aliphatic rings. The largest absolute Gasteiger partial charge is 0.392 e. The number of aliphatic hydroxyl groups excluding tert-OH is 1. The van der Waals surface area contributed by atoms with E-state index in [2.05, 4.69) is 0 Å². The van der Waals surface area contributed by atoms with Gasteiger partial charge in [0, 0.05) is 13.0 Å². The van der Waals surface area contributed by atoms with E-state index in [0.717, 1.165) is 0 Å². The Bertz CT molecular complexity index is 191. The second-order valence-electron chi connectivity index (χ2n) is 4.41. The van der Waals surface area contributed by atoms with Crippen LogP contribution in [0.5, 0.6) is 0 Å². The van der Waals surface area contributed by atoms with Crippen molar-refractivity contribution in [2.75, 3.05) is 13.6 Å². The number of carbonyl (C=O) groups excluding carboxylic acids is 1. The average molecular weight is 185 g/mol. The molecule has 13 heavy (non-hydrogen) atoms. The quantitative estimate of drug-likeness (QED) is 0.702. The van der Waals surface area contributed by atoms with Crippen molar-refractivity contribution in [1.29, 1.82) is 0 Å². The summed E-state index contributed by atoms with van der Waals surface area (Å²) in [7, 11) is 1.90. The number of rotatable bonds is 3. The monoisotopic (exact) mass is 185 g/mol. The standard InChI is InChI=1S/C10H19NO2/c1-7(2)4-10(13)9-5-8(12)6-11(9)3/h7-9,12H,4-6H2,1-3H3. The molecule has 0 aromatic heterocycles. The molecule has 0 radical (unpaired) electrons. The van der Waals surface area contributed by atoms with Crippen LogP contribution < -0.4 is 0 Å². The van der Waals surface area contributed by atoms with Gasteiger partial charge in [-0.1, -0.05) is 13.8 Å². The lowest BCUT2D eigenvalue weighted by atomic mass is 10.00. The summed E-state index contributed by atoms with van der Waals surface area (Å²) in [5.41, 5.74) is 0. The number of hydrogen-bond acceptors (Lipinski definition) is 3. The van der Waals surface area contributed by atoms with E-state index in [9.17, 15) is 9.90 Å². The van der Waals surface area contributed by atoms with Crippen molar-refractivity contribution in [2.24, 2.45) is 5.92 Å². The molecule has 0 aromatic carbocycles. The molecule has 1 heterocycles. The maximum atomic E-state index is 11.7. The predicted molar refractivity (Wildman–Crippen MR) is 51.5 cm³/mol. The second-order valence-corrected chi connectivity index (χ2v) is 4.41. The van der Waals surface area contributed by atoms with Crippen molar-refractivity contribution >= 4 is 5.78 Å². The number of aliphatic hydroxyl groups is 1. The molecular formula is C10H19NO2. The minimum atomic E-state index is -0.314. The molecule has 0 spiro atoms. The van der Waals surface area contributed by atoms with Crippen LogP contribution in [0.3, 0.4) is 0 Å². The summed E-state index contributed by atoms with van der Waals surface area (Å²) < 4.78 is 0. The van der Waals surface area contributed by atoms with E-state index >= 15 is 0 Å². The van der Waals surface area contributed by atoms with E-state index in [4.69, 9.17) is 0 Å². The van der Waals surface area contributed by atoms with Crippen LogP contribution in [0, 0.1) is 5.92 Å². The van der Waals surface area contributed by atoms with Crippen LogP contribution in [0.2, 0.25) is 0 Å². The molecule has 1 N–H and O–H groups in total. The van der Waals surface area contributed by atoms with Crippen LogP contribution in [0.1, 0.15) is 26.7 Å². The van der Waals surface area contributed by atoms with Gasteiger partial charge in [0.25, 0.3) is 0 Å². The number of β-amino-alcohol motifs (C(OH)–C–C–N with tert-alkyl or cyclic N) is 1. The molecule has 3 nitrogen and oxygen atoms in total. The summed E-state index contributed by atoms with van der Waals surface area (Å²) >= 11 is 0. The zero-order valence-electron chi connectivity index (χ0n) is 8.66. The van der Waals surface area contributed by atoms with Crippen molar-refractivity contribution in [1.82, 2.24) is 4.90 Å². The molecule has 0 aliphatic carbocycles. The first-order chi connectivity index (χ1) is 6.00. The van der Waals surface area contributed by atoms with Crippen LogP contribution in [0.4, 0.5) is 0 Å². The van der Waals surface area contributed by atoms with Crippen LogP contribution >= 0.6 is 0 Å². The van der Waals surface area contributed by atoms with Crippen LogP contribution in [0.25, 0.3) is 0 Å². The lowest BCUT2D eigenvalue weighted by Gasteiger charge is -2.18. The van der Waals surface area contributed by atoms with Gasteiger partial charge < -0.3 is 5.11 Å². The maximum absolute atomic E-state index is 11.7. The maximum Gasteiger partial charge on any atom is 0.150 e. The molecule has 0 saturated carbocycles. The number of Topliss-reactive ketones (excluding diaryl/α,β-unsaturated/α-hetero) is 1. The van der Waals surface area contributed by atoms with E-state index in [-0.39, 0.29) is 17.9 Å². The molecule has 3 heteroatoms. The van der Waals surface area contributed by atoms with Crippen LogP contribution in [-0.4, -0.2) is 41.5 Å². The van der Waals surface area contributed by atoms with Crippen molar-refractivity contribution in [2.45, 2.75) is 38.8 Å². The van der Waals surface area contributed by atoms with Gasteiger partial charge in [0.05, 0.1) is 12.1 Å². The van der Waals surface area contributed by atoms with E-state index in [1.165, 1.54) is 0 Å². The molecular weight excluding hydrogens is 166 g/mol. The van der Waals surface area contributed by atoms with E-state index in [0.29, 0.717) is 25.3 Å². The first-order valence-corrected chi connectivity index (χ1v) is 4.91. The Labute approximate surface area is 79.7 Å². The van der Waals surface area contributed by atoms with Gasteiger partial charge in [-0.3, -0.25) is 9.69 Å². The van der Waals surface area contributed by atoms with E-state index in [1.54, 1.807) is 0 Å². The number of likely N-dealkylation sites (N-methyl/N-ethyl adjacent to an activating group) is 1. The molecule has 0 amide bonds. The summed E-state index contributed by atoms with van der Waals surface area (Å²) in [6.07, 6.45) is 0.926. The second kappa shape index (κ2) is 4.20. The summed E-state index contributed by atoms with van der Waals surface area (Å²) in [5, 5.41) is 9.36. The number of hydrogen-bond donors (Lipinski definition) is 1. The molecule has 1 fully saturated rings. The highest BCUT2D eigenvalue weighted by Crippen LogP contribution is 2.19. The number of carbonyl (C=O) groups is 1. The average Bonchev–Trinajstić information content (AvgIpc) is 2.28. The number of ketones is 1. The molecule has 1 rings (SSSR count). The molecule has 0 bridgehead atoms. The molecule has 2 unspecified atom stereocenters. The fraction of sp³-hybridized carbons (Fsp3) is 0.900. The Morgan fingerprint density at radius 3 is 2.62 bits per heavy atom. The van der Waals surface area contributed by atoms with Gasteiger partial charge in [0.2, 0.25) is 0 Å². The Morgan fingerprint density at radius 2 is 2.23 bits per heavy atom. The van der Waals surface area contributed by atoms with Gasteiger partial charge in [-0.2, -0.15) is 0 Å². The third kappa shape index (κ3) is 2.78. The van der Waals surface area contributed by atoms with Gasteiger partial charge >= 0.3 is 0 Å². The summed E-state index contributed by atoms with van der Waals surface area (Å²) in [4.78, 5) is 13.6. The number of likely N-dealkylation sites (tertiary alicyclic amines) is 1. The zero-order valence-corrected chi connectivity index (χ0v) is 8.66. The smallest absolute Gasteiger partial charge is 0.150 e. The highest BCUT2D eigenvalue weighted by molar-refractivity contribution is 5.84. The summed E-state index contributed by atoms with van der Waals surface area (Å²) in [6, 6.07) is -0.0441. The summed E-state index contributed by atoms with van der Waals surface area (Å²) in [6.45, 7) is 4.72. The van der Waals surface area contributed by atoms with Gasteiger partial charge in [-0.25, -0.2) is 0 Å². The first kappa shape index (κ1) is 10.7. The Morgan fingerprint density at radius 1 is 1.62 bits per heavy atom. The van der Waals surface area contributed by atoms with Gasteiger partial charge in [-0.05, 0) is 19.4 Å². The normalized spacial score (nSPS) is 29.9. The molecule has 76 valence electrons. The van der Waals surface area contributed by atoms with E-state index in [1.807, 2.05) is 25.8 Å². The van der Waals surface area contributed by atoms with Crippen LogP contribution in [0.15, 0.2) is 0 Å². The van der Waals surface area contributed by atoms with Crippen molar-refractivity contribution < 1.29 is 9.90 Å². The van der Waals surface area contributed by atoms with Gasteiger partial charge in [0.1, 0.15) is 5.78 Å². The third-order valence-electron chi connectivity index (χ3n) is 2.51. The highest BCUT2D eigenvalue weighted by atomic mass is 16.3. The summed E-state index contributed by atoms with van der Waals surface area (Å²) in [5.74, 6) is 0.688. The lowest BCUT2D eigenvalue weighted by molar-refractivity contribution is -0.123. The van der Waals surface area contributed by atoms with Crippen LogP contribution in [-0.2, 0) is 4.79 Å². The molecule has 0 aromatic rings. The Balaban J connectivity index is 2.47. The molecule has 1 aliphatic heterocycles. The fourth-order valence-electron chi connectivity index (χ4n) is 1.89. The van der Waals surface area contributed by atoms with Crippen molar-refractivity contribution in [3.05, 3.63) is 0 Å². The lowest BCUT2D eigenvalue weighted by Crippen LogP contribution is -2.33. The molecule has 1 saturated heterocycles. The van der Waals surface area contributed by atoms with Crippen molar-refractivity contribution in [3.8, 4) is 0 Å². The minimum Gasteiger partial charge on any atom is -0.392 e. The minimum absolute atomic E-state index is 0.0441. The predicted octanol–water partition coefficient (Wildman–Crippen LogP) is 0.667. The van der Waals surface area contributed by atoms with Crippen molar-refractivity contribution in [3.63, 3.8) is 0 Å². The zero-order chi connectivity index (χ0) is 10.0. The number of nitrogens with zero attached hydrogens (tertiary/aromatic N) is 1. The topological polar surface area (TPSA) is 40.5 Å². The first-order valence-electron chi connectivity index (χ1n) is 4.91. The van der Waals surface area contributed by atoms with Gasteiger partial charge in [0.15, 0.2) is 0 Å². The third-order valence-corrected chi connectivity index (χ3v) is 2.51. The Kier molecular flexibility index (Phi) is 3.45. The van der Waals surface area contributed by atoms with E-state index < -0.39 is 0 Å². The fourth-order valence-corrected chi connectivity index (χ4v) is 1.89. The Hall–Kier alpha value is -0.410. The SMILES string of the molecule is CC(C)CC(=O)C1CC(O)CN1C. The van der Waals surface area contributed by atoms with Gasteiger partial charge in [-0.15, -0.1) is 0 Å². The molecule has 2 atom stereocenters. The highest BCUT2D eigenvalue weighted by Gasteiger charge is 2.32.